The fourth-order valence-corrected chi connectivity index (χ4v) is 1.93. The number of nitrogens with zero attached hydrogens (tertiary/aromatic N) is 1. The van der Waals surface area contributed by atoms with Gasteiger partial charge in [-0.05, 0) is 30.4 Å². The van der Waals surface area contributed by atoms with Crippen LogP contribution in [0, 0.1) is 17.8 Å². The molecule has 19 heavy (non-hydrogen) atoms. The number of aromatic nitrogens is 1. The van der Waals surface area contributed by atoms with Gasteiger partial charge in [-0.1, -0.05) is 18.9 Å². The average Bonchev–Trinajstić information content (AvgIpc) is 2.83. The number of aliphatic hydroxyl groups excluding tert-OH is 1. The molecule has 2 atom stereocenters. The molecule has 1 aromatic rings. The van der Waals surface area contributed by atoms with Crippen molar-refractivity contribution < 1.29 is 14.6 Å². The van der Waals surface area contributed by atoms with E-state index in [-0.39, 0.29) is 18.4 Å². The first kappa shape index (κ1) is 13.5. The third-order valence-corrected chi connectivity index (χ3v) is 2.94. The molecule has 1 aromatic heterocycles. The van der Waals surface area contributed by atoms with Crippen molar-refractivity contribution in [3.8, 4) is 11.8 Å². The Labute approximate surface area is 112 Å². The summed E-state index contributed by atoms with van der Waals surface area (Å²) in [6.45, 7) is 2.40. The number of amides is 1. The molecule has 1 amide bonds. The molecule has 5 heteroatoms. The second-order valence-electron chi connectivity index (χ2n) is 4.41. The Balaban J connectivity index is 2.04. The maximum atomic E-state index is 12.0. The summed E-state index contributed by atoms with van der Waals surface area (Å²) in [6.07, 6.45) is 0.488. The van der Waals surface area contributed by atoms with Crippen LogP contribution in [0.4, 0.5) is 5.82 Å². The number of ether oxygens (including phenoxy) is 1. The van der Waals surface area contributed by atoms with Crippen molar-refractivity contribution in [2.24, 2.45) is 5.92 Å². The van der Waals surface area contributed by atoms with Gasteiger partial charge < -0.3 is 15.2 Å². The summed E-state index contributed by atoms with van der Waals surface area (Å²) in [5, 5.41) is 11.4. The van der Waals surface area contributed by atoms with Crippen LogP contribution in [0.5, 0.6) is 0 Å². The Hall–Kier alpha value is -1.90. The molecule has 2 rings (SSSR count). The van der Waals surface area contributed by atoms with E-state index in [0.717, 1.165) is 6.42 Å². The van der Waals surface area contributed by atoms with Gasteiger partial charge in [-0.25, -0.2) is 4.98 Å². The van der Waals surface area contributed by atoms with Crippen LogP contribution in [0.3, 0.4) is 0 Å². The summed E-state index contributed by atoms with van der Waals surface area (Å²) in [4.78, 5) is 16.2. The molecule has 2 heterocycles. The predicted molar refractivity (Wildman–Crippen MR) is 70.4 cm³/mol. The molecule has 1 aliphatic heterocycles. The average molecular weight is 260 g/mol. The van der Waals surface area contributed by atoms with Crippen molar-refractivity contribution in [3.63, 3.8) is 0 Å². The number of carbonyl (C=O) groups excluding carboxylic acids is 1. The van der Waals surface area contributed by atoms with Crippen LogP contribution in [0.15, 0.2) is 18.2 Å². The number of rotatable bonds is 2. The Morgan fingerprint density at radius 3 is 3.16 bits per heavy atom. The summed E-state index contributed by atoms with van der Waals surface area (Å²) in [7, 11) is 0. The quantitative estimate of drug-likeness (QED) is 0.771. The zero-order chi connectivity index (χ0) is 13.7. The van der Waals surface area contributed by atoms with E-state index >= 15 is 0 Å². The van der Waals surface area contributed by atoms with Crippen LogP contribution in [0.25, 0.3) is 0 Å². The van der Waals surface area contributed by atoms with E-state index in [2.05, 4.69) is 22.1 Å². The van der Waals surface area contributed by atoms with Crippen LogP contribution in [0.1, 0.15) is 19.0 Å². The Morgan fingerprint density at radius 1 is 1.63 bits per heavy atom. The highest BCUT2D eigenvalue weighted by Crippen LogP contribution is 2.21. The lowest BCUT2D eigenvalue weighted by Gasteiger charge is -2.13. The first-order valence-corrected chi connectivity index (χ1v) is 6.20. The van der Waals surface area contributed by atoms with E-state index in [1.165, 1.54) is 0 Å². The van der Waals surface area contributed by atoms with Crippen molar-refractivity contribution in [2.45, 2.75) is 19.4 Å². The van der Waals surface area contributed by atoms with Gasteiger partial charge in [0.1, 0.15) is 24.2 Å². The Bertz CT molecular complexity index is 519. The summed E-state index contributed by atoms with van der Waals surface area (Å²) in [5.41, 5.74) is 0.507. The number of hydrogen-bond donors (Lipinski definition) is 2. The fourth-order valence-electron chi connectivity index (χ4n) is 1.93. The van der Waals surface area contributed by atoms with Crippen molar-refractivity contribution in [2.75, 3.05) is 18.5 Å². The van der Waals surface area contributed by atoms with E-state index in [9.17, 15) is 4.79 Å². The fraction of sp³-hybridized carbons (Fsp3) is 0.429. The number of nitrogens with one attached hydrogen (secondary N) is 1. The summed E-state index contributed by atoms with van der Waals surface area (Å²) < 4.78 is 5.39. The molecule has 0 spiro atoms. The molecule has 0 aromatic carbocycles. The molecular weight excluding hydrogens is 244 g/mol. The minimum atomic E-state index is -0.408. The molecule has 0 bridgehead atoms. The molecule has 2 unspecified atom stereocenters. The van der Waals surface area contributed by atoms with Gasteiger partial charge in [0.25, 0.3) is 5.91 Å². The molecule has 1 fully saturated rings. The van der Waals surface area contributed by atoms with Crippen LogP contribution in [-0.4, -0.2) is 35.3 Å². The lowest BCUT2D eigenvalue weighted by atomic mass is 10.0. The first-order chi connectivity index (χ1) is 9.20. The third kappa shape index (κ3) is 3.53. The van der Waals surface area contributed by atoms with E-state index < -0.39 is 6.10 Å². The molecule has 5 nitrogen and oxygen atoms in total. The second kappa shape index (κ2) is 6.32. The van der Waals surface area contributed by atoms with Gasteiger partial charge in [0.2, 0.25) is 0 Å². The van der Waals surface area contributed by atoms with Gasteiger partial charge in [-0.2, -0.15) is 0 Å². The van der Waals surface area contributed by atoms with E-state index in [4.69, 9.17) is 9.84 Å². The van der Waals surface area contributed by atoms with Gasteiger partial charge in [0.05, 0.1) is 0 Å². The SMILES string of the molecule is CC1CCOC1C(=O)Nc1cccc(C#CCO)n1. The van der Waals surface area contributed by atoms with Gasteiger partial charge in [0.15, 0.2) is 0 Å². The Morgan fingerprint density at radius 2 is 2.47 bits per heavy atom. The standard InChI is InChI=1S/C14H16N2O3/c1-10-7-9-19-13(10)14(18)16-12-6-2-4-11(15-12)5-3-8-17/h2,4,6,10,13,17H,7-9H2,1H3,(H,15,16,18). The van der Waals surface area contributed by atoms with E-state index in [0.29, 0.717) is 18.1 Å². The molecule has 0 radical (unpaired) electrons. The van der Waals surface area contributed by atoms with Gasteiger partial charge >= 0.3 is 0 Å². The lowest BCUT2D eigenvalue weighted by Crippen LogP contribution is -2.31. The number of hydrogen-bond acceptors (Lipinski definition) is 4. The van der Waals surface area contributed by atoms with Gasteiger partial charge in [-0.15, -0.1) is 0 Å². The molecule has 100 valence electrons. The highest BCUT2D eigenvalue weighted by molar-refractivity contribution is 5.93. The largest absolute Gasteiger partial charge is 0.384 e. The maximum absolute atomic E-state index is 12.0. The van der Waals surface area contributed by atoms with Crippen molar-refractivity contribution in [1.29, 1.82) is 0 Å². The third-order valence-electron chi connectivity index (χ3n) is 2.94. The van der Waals surface area contributed by atoms with E-state index in [1.807, 2.05) is 6.92 Å². The van der Waals surface area contributed by atoms with Gasteiger partial charge in [-0.3, -0.25) is 4.79 Å². The monoisotopic (exact) mass is 260 g/mol. The molecule has 0 saturated carbocycles. The minimum Gasteiger partial charge on any atom is -0.384 e. The lowest BCUT2D eigenvalue weighted by molar-refractivity contribution is -0.126. The van der Waals surface area contributed by atoms with E-state index in [1.54, 1.807) is 18.2 Å². The number of anilines is 1. The van der Waals surface area contributed by atoms with Crippen LogP contribution in [0.2, 0.25) is 0 Å². The molecular formula is C14H16N2O3. The summed E-state index contributed by atoms with van der Waals surface area (Å²) in [5.74, 6) is 5.69. The summed E-state index contributed by atoms with van der Waals surface area (Å²) >= 11 is 0. The van der Waals surface area contributed by atoms with Crippen LogP contribution < -0.4 is 5.32 Å². The highest BCUT2D eigenvalue weighted by Gasteiger charge is 2.30. The molecule has 1 saturated heterocycles. The van der Waals surface area contributed by atoms with Gasteiger partial charge in [0, 0.05) is 6.61 Å². The predicted octanol–water partition coefficient (Wildman–Crippen LogP) is 0.789. The zero-order valence-corrected chi connectivity index (χ0v) is 10.7. The van der Waals surface area contributed by atoms with Crippen LogP contribution >= 0.6 is 0 Å². The molecule has 0 aliphatic carbocycles. The second-order valence-corrected chi connectivity index (χ2v) is 4.41. The maximum Gasteiger partial charge on any atom is 0.254 e. The van der Waals surface area contributed by atoms with Crippen molar-refractivity contribution >= 4 is 11.7 Å². The number of aliphatic hydroxyl groups is 1. The Kier molecular flexibility index (Phi) is 4.50. The van der Waals surface area contributed by atoms with Crippen LogP contribution in [-0.2, 0) is 9.53 Å². The smallest absolute Gasteiger partial charge is 0.254 e. The number of pyridine rings is 1. The number of carbonyl (C=O) groups is 1. The van der Waals surface area contributed by atoms with Crippen molar-refractivity contribution in [1.82, 2.24) is 4.98 Å². The topological polar surface area (TPSA) is 71.5 Å². The minimum absolute atomic E-state index is 0.176. The summed E-state index contributed by atoms with van der Waals surface area (Å²) in [6, 6.07) is 5.16. The highest BCUT2D eigenvalue weighted by atomic mass is 16.5. The zero-order valence-electron chi connectivity index (χ0n) is 10.7. The molecule has 2 N–H and O–H groups in total. The first-order valence-electron chi connectivity index (χ1n) is 6.20. The normalized spacial score (nSPS) is 21.6. The molecule has 1 aliphatic rings. The van der Waals surface area contributed by atoms with Crippen molar-refractivity contribution in [3.05, 3.63) is 23.9 Å².